The number of piperidine rings is 1. The van der Waals surface area contributed by atoms with E-state index in [1.807, 2.05) is 0 Å². The zero-order chi connectivity index (χ0) is 12.7. The van der Waals surface area contributed by atoms with E-state index in [-0.39, 0.29) is 0 Å². The Morgan fingerprint density at radius 2 is 1.88 bits per heavy atom. The van der Waals surface area contributed by atoms with Gasteiger partial charge in [-0.25, -0.2) is 8.42 Å². The second-order valence-corrected chi connectivity index (χ2v) is 7.53. The first-order chi connectivity index (χ1) is 7.97. The maximum absolute atomic E-state index is 11.0. The van der Waals surface area contributed by atoms with Crippen LogP contribution in [-0.4, -0.2) is 58.6 Å². The fourth-order valence-electron chi connectivity index (χ4n) is 2.28. The molecule has 0 amide bonds. The summed E-state index contributed by atoms with van der Waals surface area (Å²) in [5, 5.41) is 3.37. The van der Waals surface area contributed by atoms with Crippen molar-refractivity contribution in [3.8, 4) is 0 Å². The van der Waals surface area contributed by atoms with Crippen LogP contribution in [0, 0.1) is 5.92 Å². The highest BCUT2D eigenvalue weighted by Gasteiger charge is 2.13. The van der Waals surface area contributed by atoms with Crippen LogP contribution in [0.3, 0.4) is 0 Å². The zero-order valence-electron chi connectivity index (χ0n) is 11.1. The summed E-state index contributed by atoms with van der Waals surface area (Å²) in [6, 6.07) is 0. The van der Waals surface area contributed by atoms with Crippen LogP contribution in [0.15, 0.2) is 0 Å². The van der Waals surface area contributed by atoms with Crippen molar-refractivity contribution in [3.05, 3.63) is 0 Å². The van der Waals surface area contributed by atoms with E-state index in [9.17, 15) is 8.42 Å². The molecule has 0 radical (unpaired) electrons. The Hall–Kier alpha value is -0.130. The monoisotopic (exact) mass is 262 g/mol. The lowest BCUT2D eigenvalue weighted by Crippen LogP contribution is -2.30. The van der Waals surface area contributed by atoms with Crippen LogP contribution in [0.4, 0.5) is 0 Å². The minimum absolute atomic E-state index is 0.310. The summed E-state index contributed by atoms with van der Waals surface area (Å²) >= 11 is 0. The summed E-state index contributed by atoms with van der Waals surface area (Å²) in [6.07, 6.45) is 5.88. The molecule has 0 aromatic heterocycles. The van der Waals surface area contributed by atoms with Crippen molar-refractivity contribution in [2.75, 3.05) is 45.2 Å². The van der Waals surface area contributed by atoms with Gasteiger partial charge in [0, 0.05) is 6.26 Å². The minimum Gasteiger partial charge on any atom is -0.317 e. The molecule has 1 aliphatic heterocycles. The van der Waals surface area contributed by atoms with Crippen molar-refractivity contribution in [3.63, 3.8) is 0 Å². The molecule has 4 nitrogen and oxygen atoms in total. The first kappa shape index (κ1) is 14.9. The van der Waals surface area contributed by atoms with Crippen LogP contribution >= 0.6 is 0 Å². The number of nitrogens with one attached hydrogen (secondary N) is 1. The molecule has 0 bridgehead atoms. The highest BCUT2D eigenvalue weighted by atomic mass is 32.2. The Balaban J connectivity index is 2.06. The van der Waals surface area contributed by atoms with Gasteiger partial charge in [0.25, 0.3) is 0 Å². The Morgan fingerprint density at radius 3 is 2.47 bits per heavy atom. The molecule has 0 unspecified atom stereocenters. The molecule has 5 heteroatoms. The smallest absolute Gasteiger partial charge is 0.147 e. The molecule has 1 saturated heterocycles. The quantitative estimate of drug-likeness (QED) is 0.735. The summed E-state index contributed by atoms with van der Waals surface area (Å²) in [6.45, 7) is 4.29. The molecule has 102 valence electrons. The average molecular weight is 262 g/mol. The van der Waals surface area contributed by atoms with Crippen molar-refractivity contribution >= 4 is 9.84 Å². The van der Waals surface area contributed by atoms with E-state index in [1.54, 1.807) is 0 Å². The highest BCUT2D eigenvalue weighted by Crippen LogP contribution is 2.15. The van der Waals surface area contributed by atoms with Crippen LogP contribution in [0.2, 0.25) is 0 Å². The van der Waals surface area contributed by atoms with E-state index in [1.165, 1.54) is 25.5 Å². The summed E-state index contributed by atoms with van der Waals surface area (Å²) in [5.74, 6) is 1.17. The second-order valence-electron chi connectivity index (χ2n) is 5.27. The summed E-state index contributed by atoms with van der Waals surface area (Å²) < 4.78 is 22.0. The predicted octanol–water partition coefficient (Wildman–Crippen LogP) is 0.743. The maximum atomic E-state index is 11.0. The van der Waals surface area contributed by atoms with E-state index >= 15 is 0 Å². The van der Waals surface area contributed by atoms with Crippen molar-refractivity contribution < 1.29 is 8.42 Å². The van der Waals surface area contributed by atoms with Crippen LogP contribution < -0.4 is 5.32 Å². The molecule has 0 aliphatic carbocycles. The van der Waals surface area contributed by atoms with E-state index in [2.05, 4.69) is 17.3 Å². The standard InChI is InChI=1S/C12H26N2O2S/c1-14(9-3-11-17(2,15)16)10-6-12-4-7-13-8-5-12/h12-13H,3-11H2,1-2H3. The van der Waals surface area contributed by atoms with Gasteiger partial charge >= 0.3 is 0 Å². The van der Waals surface area contributed by atoms with Crippen LogP contribution in [-0.2, 0) is 9.84 Å². The van der Waals surface area contributed by atoms with Crippen LogP contribution in [0.25, 0.3) is 0 Å². The Morgan fingerprint density at radius 1 is 1.24 bits per heavy atom. The largest absolute Gasteiger partial charge is 0.317 e. The van der Waals surface area contributed by atoms with Gasteiger partial charge in [0.1, 0.15) is 9.84 Å². The third kappa shape index (κ3) is 7.73. The SMILES string of the molecule is CN(CCCS(C)(=O)=O)CCC1CCNCC1. The van der Waals surface area contributed by atoms with E-state index in [0.29, 0.717) is 5.75 Å². The fourth-order valence-corrected chi connectivity index (χ4v) is 2.94. The van der Waals surface area contributed by atoms with Crippen LogP contribution in [0.5, 0.6) is 0 Å². The van der Waals surface area contributed by atoms with E-state index in [0.717, 1.165) is 38.5 Å². The lowest BCUT2D eigenvalue weighted by molar-refractivity contribution is 0.271. The topological polar surface area (TPSA) is 49.4 Å². The first-order valence-corrected chi connectivity index (χ1v) is 8.60. The summed E-state index contributed by atoms with van der Waals surface area (Å²) in [7, 11) is -0.703. The zero-order valence-corrected chi connectivity index (χ0v) is 11.9. The second kappa shape index (κ2) is 7.34. The lowest BCUT2D eigenvalue weighted by Gasteiger charge is -2.25. The molecular weight excluding hydrogens is 236 g/mol. The van der Waals surface area contributed by atoms with Gasteiger partial charge in [0.05, 0.1) is 5.75 Å². The third-order valence-corrected chi connectivity index (χ3v) is 4.46. The van der Waals surface area contributed by atoms with Gasteiger partial charge < -0.3 is 10.2 Å². The number of sulfone groups is 1. The summed E-state index contributed by atoms with van der Waals surface area (Å²) in [4.78, 5) is 2.26. The first-order valence-electron chi connectivity index (χ1n) is 6.54. The summed E-state index contributed by atoms with van der Waals surface area (Å²) in [5.41, 5.74) is 0. The molecule has 1 heterocycles. The highest BCUT2D eigenvalue weighted by molar-refractivity contribution is 7.90. The molecule has 1 aliphatic rings. The van der Waals surface area contributed by atoms with Gasteiger partial charge in [-0.05, 0) is 64.8 Å². The molecule has 0 spiro atoms. The fraction of sp³-hybridized carbons (Fsp3) is 1.00. The molecule has 0 aromatic rings. The molecule has 0 atom stereocenters. The van der Waals surface area contributed by atoms with Crippen molar-refractivity contribution in [1.29, 1.82) is 0 Å². The van der Waals surface area contributed by atoms with Gasteiger partial charge in [0.15, 0.2) is 0 Å². The van der Waals surface area contributed by atoms with Gasteiger partial charge in [-0.1, -0.05) is 0 Å². The lowest BCUT2D eigenvalue weighted by atomic mass is 9.94. The molecule has 1 N–H and O–H groups in total. The molecular formula is C12H26N2O2S. The normalized spacial score (nSPS) is 18.8. The van der Waals surface area contributed by atoms with E-state index in [4.69, 9.17) is 0 Å². The molecule has 1 rings (SSSR count). The van der Waals surface area contributed by atoms with Crippen molar-refractivity contribution in [2.24, 2.45) is 5.92 Å². The predicted molar refractivity (Wildman–Crippen MR) is 72.0 cm³/mol. The molecule has 17 heavy (non-hydrogen) atoms. The van der Waals surface area contributed by atoms with Gasteiger partial charge in [-0.3, -0.25) is 0 Å². The van der Waals surface area contributed by atoms with Gasteiger partial charge in [0.2, 0.25) is 0 Å². The number of nitrogens with zero attached hydrogens (tertiary/aromatic N) is 1. The van der Waals surface area contributed by atoms with Crippen molar-refractivity contribution in [2.45, 2.75) is 25.7 Å². The Kier molecular flexibility index (Phi) is 6.44. The van der Waals surface area contributed by atoms with Crippen molar-refractivity contribution in [1.82, 2.24) is 10.2 Å². The number of hydrogen-bond acceptors (Lipinski definition) is 4. The molecule has 0 saturated carbocycles. The Labute approximate surface area is 106 Å². The van der Waals surface area contributed by atoms with Gasteiger partial charge in [-0.2, -0.15) is 0 Å². The molecule has 0 aromatic carbocycles. The third-order valence-electron chi connectivity index (χ3n) is 3.43. The van der Waals surface area contributed by atoms with E-state index < -0.39 is 9.84 Å². The number of rotatable bonds is 7. The minimum atomic E-state index is -2.79. The van der Waals surface area contributed by atoms with Gasteiger partial charge in [-0.15, -0.1) is 0 Å². The maximum Gasteiger partial charge on any atom is 0.147 e. The number of hydrogen-bond donors (Lipinski definition) is 1. The average Bonchev–Trinajstić information content (AvgIpc) is 2.26. The Bertz CT molecular complexity index is 298. The van der Waals surface area contributed by atoms with Crippen LogP contribution in [0.1, 0.15) is 25.7 Å². The molecule has 1 fully saturated rings.